The van der Waals surface area contributed by atoms with Crippen molar-refractivity contribution in [3.05, 3.63) is 57.5 Å². The average Bonchev–Trinajstić information content (AvgIpc) is 3.30. The molecule has 1 fully saturated rings. The van der Waals surface area contributed by atoms with Gasteiger partial charge in [-0.3, -0.25) is 9.59 Å². The standard InChI is InChI=1S/C16H16FN3O3/c1-8(11-5-4-10(21)6-12(11)17)18-16(23)13-7-14(22)20-15(19-13)9-2-3-9/h4-9,21H,2-3H2,1H3,(H,18,23)(H,19,20,22)/t8-/m1/s1. The zero-order valence-corrected chi connectivity index (χ0v) is 12.5. The molecule has 1 aliphatic rings. The maximum absolute atomic E-state index is 13.8. The highest BCUT2D eigenvalue weighted by Gasteiger charge is 2.27. The summed E-state index contributed by atoms with van der Waals surface area (Å²) in [4.78, 5) is 30.7. The van der Waals surface area contributed by atoms with Crippen LogP contribution >= 0.6 is 0 Å². The third-order valence-corrected chi connectivity index (χ3v) is 3.75. The normalized spacial score (nSPS) is 15.2. The molecule has 0 unspecified atom stereocenters. The summed E-state index contributed by atoms with van der Waals surface area (Å²) in [5.41, 5.74) is -0.124. The maximum atomic E-state index is 13.8. The lowest BCUT2D eigenvalue weighted by atomic mass is 10.1. The molecule has 1 amide bonds. The molecule has 1 atom stereocenters. The van der Waals surface area contributed by atoms with E-state index in [0.717, 1.165) is 25.0 Å². The average molecular weight is 317 g/mol. The first-order valence-electron chi connectivity index (χ1n) is 7.34. The molecular formula is C16H16FN3O3. The molecule has 6 nitrogen and oxygen atoms in total. The van der Waals surface area contributed by atoms with Crippen molar-refractivity contribution in [1.29, 1.82) is 0 Å². The number of aromatic hydroxyl groups is 1. The van der Waals surface area contributed by atoms with Crippen molar-refractivity contribution in [3.63, 3.8) is 0 Å². The third kappa shape index (κ3) is 3.39. The van der Waals surface area contributed by atoms with Crippen LogP contribution in [0.4, 0.5) is 4.39 Å². The van der Waals surface area contributed by atoms with Crippen molar-refractivity contribution in [2.75, 3.05) is 0 Å². The van der Waals surface area contributed by atoms with Crippen molar-refractivity contribution in [2.45, 2.75) is 31.7 Å². The second kappa shape index (κ2) is 5.83. The van der Waals surface area contributed by atoms with Crippen molar-refractivity contribution in [2.24, 2.45) is 0 Å². The molecule has 1 aromatic heterocycles. The smallest absolute Gasteiger partial charge is 0.270 e. The number of nitrogens with one attached hydrogen (secondary N) is 2. The van der Waals surface area contributed by atoms with E-state index >= 15 is 0 Å². The Balaban J connectivity index is 1.79. The van der Waals surface area contributed by atoms with Gasteiger partial charge in [-0.15, -0.1) is 0 Å². The van der Waals surface area contributed by atoms with E-state index < -0.39 is 17.8 Å². The first kappa shape index (κ1) is 15.2. The van der Waals surface area contributed by atoms with Gasteiger partial charge in [-0.1, -0.05) is 6.07 Å². The number of phenolic OH excluding ortho intramolecular Hbond substituents is 1. The van der Waals surface area contributed by atoms with Crippen LogP contribution in [0.2, 0.25) is 0 Å². The minimum absolute atomic E-state index is 0.0155. The van der Waals surface area contributed by atoms with E-state index in [1.54, 1.807) is 6.92 Å². The molecule has 7 heteroatoms. The number of rotatable bonds is 4. The predicted molar refractivity (Wildman–Crippen MR) is 80.8 cm³/mol. The Kier molecular flexibility index (Phi) is 3.85. The van der Waals surface area contributed by atoms with Gasteiger partial charge in [0.25, 0.3) is 11.5 Å². The lowest BCUT2D eigenvalue weighted by molar-refractivity contribution is 0.0933. The Bertz CT molecular complexity index is 814. The highest BCUT2D eigenvalue weighted by molar-refractivity contribution is 5.92. The van der Waals surface area contributed by atoms with E-state index in [0.29, 0.717) is 5.82 Å². The monoisotopic (exact) mass is 317 g/mol. The molecule has 3 N–H and O–H groups in total. The van der Waals surface area contributed by atoms with Crippen LogP contribution in [0.15, 0.2) is 29.1 Å². The Morgan fingerprint density at radius 2 is 2.17 bits per heavy atom. The van der Waals surface area contributed by atoms with Gasteiger partial charge in [0.05, 0.1) is 6.04 Å². The molecule has 120 valence electrons. The molecule has 23 heavy (non-hydrogen) atoms. The number of H-pyrrole nitrogens is 1. The van der Waals surface area contributed by atoms with Crippen molar-refractivity contribution in [1.82, 2.24) is 15.3 Å². The summed E-state index contributed by atoms with van der Waals surface area (Å²) in [5, 5.41) is 11.8. The first-order chi connectivity index (χ1) is 10.9. The lowest BCUT2D eigenvalue weighted by Gasteiger charge is -2.15. The Hall–Kier alpha value is -2.70. The van der Waals surface area contributed by atoms with Gasteiger partial charge in [0.1, 0.15) is 23.1 Å². The highest BCUT2D eigenvalue weighted by atomic mass is 19.1. The van der Waals surface area contributed by atoms with Gasteiger partial charge < -0.3 is 15.4 Å². The molecule has 1 heterocycles. The fraction of sp³-hybridized carbons (Fsp3) is 0.312. The summed E-state index contributed by atoms with van der Waals surface area (Å²) in [5.74, 6) is -0.614. The molecule has 0 bridgehead atoms. The summed E-state index contributed by atoms with van der Waals surface area (Å²) in [6.45, 7) is 1.61. The molecule has 0 aliphatic heterocycles. The van der Waals surface area contributed by atoms with Gasteiger partial charge in [0, 0.05) is 23.6 Å². The molecule has 1 saturated carbocycles. The van der Waals surface area contributed by atoms with Crippen LogP contribution in [0, 0.1) is 5.82 Å². The van der Waals surface area contributed by atoms with Gasteiger partial charge in [-0.05, 0) is 25.8 Å². The van der Waals surface area contributed by atoms with Gasteiger partial charge in [0.15, 0.2) is 0 Å². The van der Waals surface area contributed by atoms with Crippen LogP contribution in [-0.2, 0) is 0 Å². The van der Waals surface area contributed by atoms with Crippen LogP contribution in [0.25, 0.3) is 0 Å². The van der Waals surface area contributed by atoms with Crippen LogP contribution in [0.1, 0.15) is 53.6 Å². The first-order valence-corrected chi connectivity index (χ1v) is 7.34. The van der Waals surface area contributed by atoms with E-state index in [9.17, 15) is 19.1 Å². The van der Waals surface area contributed by atoms with E-state index in [1.165, 1.54) is 12.1 Å². The molecule has 2 aromatic rings. The number of amides is 1. The fourth-order valence-corrected chi connectivity index (χ4v) is 2.36. The van der Waals surface area contributed by atoms with Gasteiger partial charge in [-0.25, -0.2) is 9.37 Å². The van der Waals surface area contributed by atoms with Crippen LogP contribution in [0.3, 0.4) is 0 Å². The SMILES string of the molecule is C[C@@H](NC(=O)c1cc(=O)[nH]c(C2CC2)n1)c1ccc(O)cc1F. The quantitative estimate of drug-likeness (QED) is 0.803. The third-order valence-electron chi connectivity index (χ3n) is 3.75. The molecular weight excluding hydrogens is 301 g/mol. The lowest BCUT2D eigenvalue weighted by Crippen LogP contribution is -2.29. The fourth-order valence-electron chi connectivity index (χ4n) is 2.36. The number of carbonyl (C=O) groups excluding carboxylic acids is 1. The molecule has 0 spiro atoms. The maximum Gasteiger partial charge on any atom is 0.270 e. The molecule has 1 aliphatic carbocycles. The topological polar surface area (TPSA) is 95.1 Å². The van der Waals surface area contributed by atoms with E-state index in [-0.39, 0.29) is 28.5 Å². The minimum atomic E-state index is -0.631. The molecule has 0 saturated heterocycles. The van der Waals surface area contributed by atoms with Gasteiger partial charge >= 0.3 is 0 Å². The Morgan fingerprint density at radius 3 is 2.83 bits per heavy atom. The van der Waals surface area contributed by atoms with Crippen molar-refractivity contribution in [3.8, 4) is 5.75 Å². The number of carbonyl (C=O) groups is 1. The van der Waals surface area contributed by atoms with E-state index in [1.807, 2.05) is 0 Å². The summed E-state index contributed by atoms with van der Waals surface area (Å²) in [7, 11) is 0. The van der Waals surface area contributed by atoms with Crippen molar-refractivity contribution >= 4 is 5.91 Å². The number of aromatic amines is 1. The van der Waals surface area contributed by atoms with E-state index in [4.69, 9.17) is 0 Å². The van der Waals surface area contributed by atoms with E-state index in [2.05, 4.69) is 15.3 Å². The predicted octanol–water partition coefficient (Wildman–Crippen LogP) is 1.98. The summed E-state index contributed by atoms with van der Waals surface area (Å²) < 4.78 is 13.8. The van der Waals surface area contributed by atoms with Crippen molar-refractivity contribution < 1.29 is 14.3 Å². The van der Waals surface area contributed by atoms with Gasteiger partial charge in [0.2, 0.25) is 0 Å². The number of phenols is 1. The van der Waals surface area contributed by atoms with Crippen LogP contribution in [-0.4, -0.2) is 21.0 Å². The molecule has 3 rings (SSSR count). The Morgan fingerprint density at radius 1 is 1.43 bits per heavy atom. The Labute approximate surface area is 131 Å². The summed E-state index contributed by atoms with van der Waals surface area (Å²) in [6, 6.07) is 4.22. The zero-order valence-electron chi connectivity index (χ0n) is 12.5. The zero-order chi connectivity index (χ0) is 16.6. The molecule has 0 radical (unpaired) electrons. The number of hydrogen-bond donors (Lipinski definition) is 3. The highest BCUT2D eigenvalue weighted by Crippen LogP contribution is 2.37. The second-order valence-electron chi connectivity index (χ2n) is 5.69. The number of halogens is 1. The summed E-state index contributed by atoms with van der Waals surface area (Å²) in [6.07, 6.45) is 1.90. The number of benzene rings is 1. The second-order valence-corrected chi connectivity index (χ2v) is 5.69. The van der Waals surface area contributed by atoms with Crippen LogP contribution in [0.5, 0.6) is 5.75 Å². The van der Waals surface area contributed by atoms with Crippen LogP contribution < -0.4 is 10.9 Å². The number of nitrogens with zero attached hydrogens (tertiary/aromatic N) is 1. The summed E-state index contributed by atoms with van der Waals surface area (Å²) >= 11 is 0. The minimum Gasteiger partial charge on any atom is -0.508 e. The largest absolute Gasteiger partial charge is 0.508 e. The number of hydrogen-bond acceptors (Lipinski definition) is 4. The molecule has 1 aromatic carbocycles. The number of aromatic nitrogens is 2. The van der Waals surface area contributed by atoms with Gasteiger partial charge in [-0.2, -0.15) is 0 Å².